The van der Waals surface area contributed by atoms with E-state index in [4.69, 9.17) is 23.2 Å². The number of halogens is 2. The lowest BCUT2D eigenvalue weighted by atomic mass is 9.88. The molecule has 0 aliphatic carbocycles. The average molecular weight is 305 g/mol. The predicted molar refractivity (Wildman–Crippen MR) is 89.4 cm³/mol. The van der Waals surface area contributed by atoms with Crippen LogP contribution in [0.5, 0.6) is 0 Å². The fraction of sp³-hybridized carbons (Fsp3) is 0.222. The van der Waals surface area contributed by atoms with E-state index in [1.165, 1.54) is 5.57 Å². The van der Waals surface area contributed by atoms with Crippen LogP contribution in [0.2, 0.25) is 10.0 Å². The zero-order chi connectivity index (χ0) is 14.8. The molecule has 20 heavy (non-hydrogen) atoms. The normalized spacial score (nSPS) is 11.2. The summed E-state index contributed by atoms with van der Waals surface area (Å²) in [6.07, 6.45) is 2.28. The summed E-state index contributed by atoms with van der Waals surface area (Å²) >= 11 is 12.0. The predicted octanol–water partition coefficient (Wildman–Crippen LogP) is 6.47. The Morgan fingerprint density at radius 3 is 1.40 bits per heavy atom. The van der Waals surface area contributed by atoms with Crippen molar-refractivity contribution in [2.45, 2.75) is 20.8 Å². The molecule has 2 aromatic carbocycles. The van der Waals surface area contributed by atoms with E-state index in [9.17, 15) is 0 Å². The zero-order valence-electron chi connectivity index (χ0n) is 12.0. The first-order chi connectivity index (χ1) is 9.35. The maximum atomic E-state index is 5.98. The van der Waals surface area contributed by atoms with Crippen molar-refractivity contribution < 1.29 is 0 Å². The van der Waals surface area contributed by atoms with Gasteiger partial charge in [0.05, 0.1) is 0 Å². The number of hydrogen-bond donors (Lipinski definition) is 0. The Labute approximate surface area is 131 Å². The van der Waals surface area contributed by atoms with Gasteiger partial charge >= 0.3 is 0 Å². The third-order valence-corrected chi connectivity index (χ3v) is 3.39. The van der Waals surface area contributed by atoms with Gasteiger partial charge in [-0.15, -0.1) is 0 Å². The molecule has 0 bridgehead atoms. The maximum Gasteiger partial charge on any atom is 0.0406 e. The van der Waals surface area contributed by atoms with Crippen molar-refractivity contribution in [3.05, 3.63) is 75.8 Å². The van der Waals surface area contributed by atoms with Crippen LogP contribution < -0.4 is 0 Å². The first-order valence-electron chi connectivity index (χ1n) is 6.60. The molecular weight excluding hydrogens is 287 g/mol. The lowest BCUT2D eigenvalue weighted by Crippen LogP contribution is -2.02. The molecule has 2 heteroatoms. The van der Waals surface area contributed by atoms with Crippen molar-refractivity contribution in [1.29, 1.82) is 0 Å². The van der Waals surface area contributed by atoms with Crippen LogP contribution >= 0.6 is 23.2 Å². The minimum absolute atomic E-state index is 0.0919. The van der Waals surface area contributed by atoms with Gasteiger partial charge in [-0.1, -0.05) is 74.3 Å². The lowest BCUT2D eigenvalue weighted by Gasteiger charge is -2.17. The highest BCUT2D eigenvalue weighted by Gasteiger charge is 2.12. The van der Waals surface area contributed by atoms with Gasteiger partial charge in [0, 0.05) is 10.0 Å². The fourth-order valence-corrected chi connectivity index (χ4v) is 2.28. The molecule has 0 aromatic heterocycles. The molecule has 0 atom stereocenters. The van der Waals surface area contributed by atoms with Crippen molar-refractivity contribution in [3.8, 4) is 0 Å². The molecule has 0 N–H and O–H groups in total. The third-order valence-electron chi connectivity index (χ3n) is 2.89. The highest BCUT2D eigenvalue weighted by Crippen LogP contribution is 2.30. The van der Waals surface area contributed by atoms with E-state index < -0.39 is 0 Å². The molecule has 0 nitrogen and oxygen atoms in total. The molecule has 0 heterocycles. The Hall–Kier alpha value is -1.24. The quantitative estimate of drug-likeness (QED) is 0.596. The molecule has 0 fully saturated rings. The highest BCUT2D eigenvalue weighted by atomic mass is 35.5. The second-order valence-corrected chi connectivity index (χ2v) is 6.81. The minimum atomic E-state index is 0.0919. The van der Waals surface area contributed by atoms with Gasteiger partial charge in [0.25, 0.3) is 0 Å². The molecule has 0 radical (unpaired) electrons. The van der Waals surface area contributed by atoms with Crippen molar-refractivity contribution in [2.75, 3.05) is 0 Å². The number of benzene rings is 2. The van der Waals surface area contributed by atoms with Crippen molar-refractivity contribution in [2.24, 2.45) is 5.41 Å². The number of hydrogen-bond acceptors (Lipinski definition) is 0. The van der Waals surface area contributed by atoms with Crippen LogP contribution in [-0.2, 0) is 0 Å². The van der Waals surface area contributed by atoms with Gasteiger partial charge < -0.3 is 0 Å². The van der Waals surface area contributed by atoms with Crippen molar-refractivity contribution >= 4 is 28.8 Å². The number of allylic oxidation sites excluding steroid dienone is 1. The van der Waals surface area contributed by atoms with Crippen LogP contribution in [-0.4, -0.2) is 0 Å². The second kappa shape index (κ2) is 6.03. The first-order valence-corrected chi connectivity index (χ1v) is 7.35. The highest BCUT2D eigenvalue weighted by molar-refractivity contribution is 6.31. The van der Waals surface area contributed by atoms with E-state index in [1.807, 2.05) is 24.3 Å². The molecule has 2 rings (SSSR count). The summed E-state index contributed by atoms with van der Waals surface area (Å²) in [5.74, 6) is 0. The van der Waals surface area contributed by atoms with Gasteiger partial charge in [-0.25, -0.2) is 0 Å². The third kappa shape index (κ3) is 4.13. The maximum absolute atomic E-state index is 5.98. The van der Waals surface area contributed by atoms with E-state index >= 15 is 0 Å². The Morgan fingerprint density at radius 1 is 0.750 bits per heavy atom. The monoisotopic (exact) mass is 304 g/mol. The van der Waals surface area contributed by atoms with Gasteiger partial charge in [0.1, 0.15) is 0 Å². The van der Waals surface area contributed by atoms with E-state index in [2.05, 4.69) is 51.1 Å². The summed E-state index contributed by atoms with van der Waals surface area (Å²) in [4.78, 5) is 0. The Balaban J connectivity index is 2.53. The van der Waals surface area contributed by atoms with Crippen molar-refractivity contribution in [1.82, 2.24) is 0 Å². The SMILES string of the molecule is CC(C)(C)C=C(c1ccc(Cl)cc1)c1ccc(Cl)cc1. The molecule has 0 amide bonds. The molecule has 0 aliphatic heterocycles. The fourth-order valence-electron chi connectivity index (χ4n) is 2.03. The number of rotatable bonds is 2. The summed E-state index contributed by atoms with van der Waals surface area (Å²) in [5, 5.41) is 1.50. The van der Waals surface area contributed by atoms with Gasteiger partial charge in [0.15, 0.2) is 0 Å². The zero-order valence-corrected chi connectivity index (χ0v) is 13.5. The van der Waals surface area contributed by atoms with E-state index in [0.29, 0.717) is 0 Å². The van der Waals surface area contributed by atoms with Crippen molar-refractivity contribution in [3.63, 3.8) is 0 Å². The molecule has 2 aromatic rings. The van der Waals surface area contributed by atoms with Gasteiger partial charge in [-0.3, -0.25) is 0 Å². The summed E-state index contributed by atoms with van der Waals surface area (Å²) < 4.78 is 0. The van der Waals surface area contributed by atoms with Crippen LogP contribution in [0.1, 0.15) is 31.9 Å². The van der Waals surface area contributed by atoms with E-state index in [0.717, 1.165) is 21.2 Å². The standard InChI is InChI=1S/C18H18Cl2/c1-18(2,3)12-17(13-4-8-15(19)9-5-13)14-6-10-16(20)11-7-14/h4-12H,1-3H3. The largest absolute Gasteiger partial charge is 0.0843 e. The molecule has 0 saturated carbocycles. The van der Waals surface area contributed by atoms with Crippen LogP contribution in [0.15, 0.2) is 54.6 Å². The van der Waals surface area contributed by atoms with Gasteiger partial charge in [0.2, 0.25) is 0 Å². The molecular formula is C18H18Cl2. The molecule has 0 unspecified atom stereocenters. The lowest BCUT2D eigenvalue weighted by molar-refractivity contribution is 0.546. The minimum Gasteiger partial charge on any atom is -0.0843 e. The molecule has 0 saturated heterocycles. The molecule has 0 spiro atoms. The smallest absolute Gasteiger partial charge is 0.0406 e. The topological polar surface area (TPSA) is 0 Å². The van der Waals surface area contributed by atoms with Crippen LogP contribution in [0, 0.1) is 5.41 Å². The average Bonchev–Trinajstić information content (AvgIpc) is 2.37. The Bertz CT molecular complexity index is 552. The summed E-state index contributed by atoms with van der Waals surface area (Å²) in [6, 6.07) is 15.9. The van der Waals surface area contributed by atoms with Gasteiger partial charge in [-0.05, 0) is 46.4 Å². The molecule has 0 aliphatic rings. The Kier molecular flexibility index (Phi) is 4.57. The second-order valence-electron chi connectivity index (χ2n) is 5.94. The molecule has 104 valence electrons. The summed E-state index contributed by atoms with van der Waals surface area (Å²) in [7, 11) is 0. The van der Waals surface area contributed by atoms with Crippen LogP contribution in [0.3, 0.4) is 0 Å². The van der Waals surface area contributed by atoms with Crippen LogP contribution in [0.4, 0.5) is 0 Å². The van der Waals surface area contributed by atoms with Gasteiger partial charge in [-0.2, -0.15) is 0 Å². The van der Waals surface area contributed by atoms with E-state index in [1.54, 1.807) is 0 Å². The van der Waals surface area contributed by atoms with E-state index in [-0.39, 0.29) is 5.41 Å². The van der Waals surface area contributed by atoms with Crippen LogP contribution in [0.25, 0.3) is 5.57 Å². The summed E-state index contributed by atoms with van der Waals surface area (Å²) in [6.45, 7) is 6.58. The summed E-state index contributed by atoms with van der Waals surface area (Å²) in [5.41, 5.74) is 3.61. The Morgan fingerprint density at radius 2 is 1.10 bits per heavy atom. The first kappa shape index (κ1) is 15.2.